The summed E-state index contributed by atoms with van der Waals surface area (Å²) in [7, 11) is 0. The molecule has 0 N–H and O–H groups in total. The van der Waals surface area contributed by atoms with Crippen LogP contribution in [0.1, 0.15) is 5.56 Å². The monoisotopic (exact) mass is 206 g/mol. The van der Waals surface area contributed by atoms with Gasteiger partial charge in [-0.25, -0.2) is 8.78 Å². The average molecular weight is 207 g/mol. The van der Waals surface area contributed by atoms with E-state index in [2.05, 4.69) is 15.9 Å². The third kappa shape index (κ3) is 1.34. The van der Waals surface area contributed by atoms with Crippen molar-refractivity contribution in [3.63, 3.8) is 0 Å². The molecule has 0 radical (unpaired) electrons. The zero-order valence-electron chi connectivity index (χ0n) is 5.07. The summed E-state index contributed by atoms with van der Waals surface area (Å²) in [6, 6.07) is 4.30. The normalized spacial score (nSPS) is 9.90. The molecule has 1 aromatic rings. The van der Waals surface area contributed by atoms with Crippen molar-refractivity contribution in [2.75, 3.05) is 0 Å². The third-order valence-corrected chi connectivity index (χ3v) is 2.06. The maximum atomic E-state index is 12.6. The highest BCUT2D eigenvalue weighted by molar-refractivity contribution is 9.10. The fourth-order valence-corrected chi connectivity index (χ4v) is 1.02. The topological polar surface area (TPSA) is 0 Å². The van der Waals surface area contributed by atoms with Crippen molar-refractivity contribution in [3.8, 4) is 0 Å². The van der Waals surface area contributed by atoms with Gasteiger partial charge in [-0.2, -0.15) is 0 Å². The molecule has 0 bridgehead atoms. The predicted molar refractivity (Wildman–Crippen MR) is 38.9 cm³/mol. The second-order valence-electron chi connectivity index (χ2n) is 1.85. The fraction of sp³-hybridized carbons (Fsp3) is 0.143. The summed E-state index contributed by atoms with van der Waals surface area (Å²) in [5.41, 5.74) is 0.347. The summed E-state index contributed by atoms with van der Waals surface area (Å²) in [4.78, 5) is 0. The van der Waals surface area contributed by atoms with Gasteiger partial charge in [0.25, 0.3) is 0 Å². The number of halogens is 3. The second kappa shape index (κ2) is 3.10. The summed E-state index contributed by atoms with van der Waals surface area (Å²) in [5, 5.41) is 0. The van der Waals surface area contributed by atoms with E-state index in [4.69, 9.17) is 0 Å². The van der Waals surface area contributed by atoms with Crippen LogP contribution in [0, 0.1) is 5.82 Å². The van der Waals surface area contributed by atoms with Crippen molar-refractivity contribution in [2.45, 2.75) is 6.67 Å². The van der Waals surface area contributed by atoms with E-state index < -0.39 is 12.5 Å². The van der Waals surface area contributed by atoms with Gasteiger partial charge in [0.1, 0.15) is 12.5 Å². The van der Waals surface area contributed by atoms with E-state index >= 15 is 0 Å². The first-order valence-corrected chi connectivity index (χ1v) is 3.54. The predicted octanol–water partition coefficient (Wildman–Crippen LogP) is 3.06. The molecule has 0 amide bonds. The van der Waals surface area contributed by atoms with E-state index in [9.17, 15) is 8.78 Å². The molecule has 0 aliphatic rings. The molecule has 0 atom stereocenters. The standard InChI is InChI=1S/C7H5BrF2/c8-7-5(4-9)2-1-3-6(7)10/h1-3H,4H2. The summed E-state index contributed by atoms with van der Waals surface area (Å²) < 4.78 is 24.7. The Kier molecular flexibility index (Phi) is 2.38. The van der Waals surface area contributed by atoms with Gasteiger partial charge in [-0.05, 0) is 22.0 Å². The lowest BCUT2D eigenvalue weighted by Crippen LogP contribution is -1.84. The van der Waals surface area contributed by atoms with Crippen LogP contribution in [-0.2, 0) is 6.67 Å². The largest absolute Gasteiger partial charge is 0.246 e. The van der Waals surface area contributed by atoms with Gasteiger partial charge in [-0.3, -0.25) is 0 Å². The van der Waals surface area contributed by atoms with Gasteiger partial charge < -0.3 is 0 Å². The number of rotatable bonds is 1. The zero-order chi connectivity index (χ0) is 7.56. The van der Waals surface area contributed by atoms with Gasteiger partial charge >= 0.3 is 0 Å². The zero-order valence-corrected chi connectivity index (χ0v) is 6.66. The lowest BCUT2D eigenvalue weighted by molar-refractivity contribution is 0.480. The Bertz CT molecular complexity index is 235. The Labute approximate surface area is 66.0 Å². The van der Waals surface area contributed by atoms with Crippen LogP contribution in [0.4, 0.5) is 8.78 Å². The van der Waals surface area contributed by atoms with Crippen molar-refractivity contribution in [1.82, 2.24) is 0 Å². The molecule has 0 saturated heterocycles. The molecule has 0 fully saturated rings. The molecule has 0 unspecified atom stereocenters. The Hall–Kier alpha value is -0.440. The minimum atomic E-state index is -0.641. The van der Waals surface area contributed by atoms with Crippen molar-refractivity contribution < 1.29 is 8.78 Å². The van der Waals surface area contributed by atoms with Crippen LogP contribution in [0.25, 0.3) is 0 Å². The Morgan fingerprint density at radius 3 is 2.60 bits per heavy atom. The number of hydrogen-bond acceptors (Lipinski definition) is 0. The minimum Gasteiger partial charge on any atom is -0.246 e. The summed E-state index contributed by atoms with van der Waals surface area (Å²) in [6.07, 6.45) is 0. The Morgan fingerprint density at radius 1 is 1.40 bits per heavy atom. The summed E-state index contributed by atoms with van der Waals surface area (Å²) in [6.45, 7) is -0.641. The molecule has 0 nitrogen and oxygen atoms in total. The molecule has 0 saturated carbocycles. The first-order chi connectivity index (χ1) is 4.75. The van der Waals surface area contributed by atoms with Crippen LogP contribution in [0.15, 0.2) is 22.7 Å². The lowest BCUT2D eigenvalue weighted by atomic mass is 10.2. The van der Waals surface area contributed by atoms with E-state index in [0.717, 1.165) is 0 Å². The van der Waals surface area contributed by atoms with Gasteiger partial charge in [0.2, 0.25) is 0 Å². The van der Waals surface area contributed by atoms with Gasteiger partial charge in [0, 0.05) is 5.56 Å². The third-order valence-electron chi connectivity index (χ3n) is 1.18. The highest BCUT2D eigenvalue weighted by Gasteiger charge is 2.02. The number of alkyl halides is 1. The van der Waals surface area contributed by atoms with E-state index in [-0.39, 0.29) is 4.47 Å². The molecular formula is C7H5BrF2. The van der Waals surface area contributed by atoms with Crippen LogP contribution in [0.5, 0.6) is 0 Å². The Balaban J connectivity index is 3.14. The second-order valence-corrected chi connectivity index (χ2v) is 2.64. The van der Waals surface area contributed by atoms with Crippen molar-refractivity contribution >= 4 is 15.9 Å². The lowest BCUT2D eigenvalue weighted by Gasteiger charge is -1.97. The van der Waals surface area contributed by atoms with Crippen molar-refractivity contribution in [2.24, 2.45) is 0 Å². The molecule has 0 aliphatic carbocycles. The van der Waals surface area contributed by atoms with Crippen molar-refractivity contribution in [3.05, 3.63) is 34.1 Å². The molecule has 3 heteroatoms. The highest BCUT2D eigenvalue weighted by atomic mass is 79.9. The van der Waals surface area contributed by atoms with Gasteiger partial charge in [0.05, 0.1) is 4.47 Å². The maximum Gasteiger partial charge on any atom is 0.137 e. The number of benzene rings is 1. The quantitative estimate of drug-likeness (QED) is 0.663. The molecule has 1 rings (SSSR count). The van der Waals surface area contributed by atoms with E-state index in [1.54, 1.807) is 0 Å². The van der Waals surface area contributed by atoms with Crippen LogP contribution in [-0.4, -0.2) is 0 Å². The van der Waals surface area contributed by atoms with Crippen LogP contribution in [0.2, 0.25) is 0 Å². The van der Waals surface area contributed by atoms with Crippen molar-refractivity contribution in [1.29, 1.82) is 0 Å². The van der Waals surface area contributed by atoms with Crippen LogP contribution in [0.3, 0.4) is 0 Å². The molecule has 0 heterocycles. The first-order valence-electron chi connectivity index (χ1n) is 2.74. The molecular weight excluding hydrogens is 202 g/mol. The molecule has 0 aromatic heterocycles. The number of hydrogen-bond donors (Lipinski definition) is 0. The molecule has 0 aliphatic heterocycles. The van der Waals surface area contributed by atoms with E-state index in [1.165, 1.54) is 18.2 Å². The van der Waals surface area contributed by atoms with E-state index in [1.807, 2.05) is 0 Å². The summed E-state index contributed by atoms with van der Waals surface area (Å²) >= 11 is 2.93. The first kappa shape index (κ1) is 7.66. The fourth-order valence-electron chi connectivity index (χ4n) is 0.652. The van der Waals surface area contributed by atoms with E-state index in [0.29, 0.717) is 5.56 Å². The Morgan fingerprint density at radius 2 is 2.10 bits per heavy atom. The molecule has 54 valence electrons. The van der Waals surface area contributed by atoms with Crippen LogP contribution >= 0.6 is 15.9 Å². The SMILES string of the molecule is FCc1cccc(F)c1Br. The van der Waals surface area contributed by atoms with Gasteiger partial charge in [0.15, 0.2) is 0 Å². The minimum absolute atomic E-state index is 0.220. The molecule has 0 spiro atoms. The smallest absolute Gasteiger partial charge is 0.137 e. The van der Waals surface area contributed by atoms with Crippen LogP contribution < -0.4 is 0 Å². The van der Waals surface area contributed by atoms with Gasteiger partial charge in [-0.15, -0.1) is 0 Å². The maximum absolute atomic E-state index is 12.6. The average Bonchev–Trinajstić information content (AvgIpc) is 1.95. The molecule has 10 heavy (non-hydrogen) atoms. The highest BCUT2D eigenvalue weighted by Crippen LogP contribution is 2.20. The molecule has 1 aromatic carbocycles. The van der Waals surface area contributed by atoms with Gasteiger partial charge in [-0.1, -0.05) is 12.1 Å². The summed E-state index contributed by atoms with van der Waals surface area (Å²) in [5.74, 6) is -0.421.